The molecule has 0 bridgehead atoms. The molecule has 3 rings (SSSR count). The molecule has 0 aliphatic carbocycles. The highest BCUT2D eigenvalue weighted by atomic mass is 16.5. The van der Waals surface area contributed by atoms with E-state index in [9.17, 15) is 19.2 Å². The molecule has 0 aromatic heterocycles. The SMILES string of the molecule is COc1cc(/C=C2\Oc3cc(OCC(=O)N[C@@H](CC(N)=O)C(=O)O)ccc3C2=O)cc(OC)c1OC. The highest BCUT2D eigenvalue weighted by Crippen LogP contribution is 2.40. The smallest absolute Gasteiger partial charge is 0.326 e. The molecule has 4 N–H and O–H groups in total. The number of fused-ring (bicyclic) bond motifs is 1. The summed E-state index contributed by atoms with van der Waals surface area (Å²) in [6, 6.07) is 6.21. The highest BCUT2D eigenvalue weighted by Gasteiger charge is 2.28. The van der Waals surface area contributed by atoms with Crippen molar-refractivity contribution in [3.8, 4) is 28.7 Å². The molecule has 2 aromatic carbocycles. The van der Waals surface area contributed by atoms with Gasteiger partial charge in [-0.05, 0) is 35.9 Å². The first-order valence-electron chi connectivity index (χ1n) is 10.5. The average Bonchev–Trinajstić information content (AvgIpc) is 3.15. The fourth-order valence-corrected chi connectivity index (χ4v) is 3.38. The Morgan fingerprint density at radius 3 is 2.31 bits per heavy atom. The number of allylic oxidation sites excluding steroid dienone is 1. The van der Waals surface area contributed by atoms with Crippen LogP contribution in [0.25, 0.3) is 6.08 Å². The molecule has 0 saturated carbocycles. The number of ether oxygens (including phenoxy) is 5. The van der Waals surface area contributed by atoms with Crippen LogP contribution in [0.3, 0.4) is 0 Å². The van der Waals surface area contributed by atoms with Crippen LogP contribution >= 0.6 is 0 Å². The van der Waals surface area contributed by atoms with Crippen molar-refractivity contribution in [2.75, 3.05) is 27.9 Å². The second kappa shape index (κ2) is 11.1. The molecular weight excluding hydrogens is 476 g/mol. The number of hydrogen-bond donors (Lipinski definition) is 3. The summed E-state index contributed by atoms with van der Waals surface area (Å²) in [6.45, 7) is -0.538. The Kier molecular flexibility index (Phi) is 8.00. The molecule has 12 heteroatoms. The first kappa shape index (κ1) is 25.9. The van der Waals surface area contributed by atoms with E-state index in [4.69, 9.17) is 34.5 Å². The molecule has 0 unspecified atom stereocenters. The van der Waals surface area contributed by atoms with Gasteiger partial charge in [0.05, 0.1) is 33.3 Å². The lowest BCUT2D eigenvalue weighted by Gasteiger charge is -2.13. The van der Waals surface area contributed by atoms with Crippen LogP contribution in [0, 0.1) is 0 Å². The van der Waals surface area contributed by atoms with Crippen LogP contribution in [-0.4, -0.2) is 62.7 Å². The molecule has 190 valence electrons. The number of primary amides is 1. The number of nitrogens with two attached hydrogens (primary N) is 1. The zero-order valence-electron chi connectivity index (χ0n) is 19.7. The Balaban J connectivity index is 1.72. The van der Waals surface area contributed by atoms with Crippen LogP contribution in [-0.2, 0) is 14.4 Å². The van der Waals surface area contributed by atoms with Crippen molar-refractivity contribution in [1.82, 2.24) is 5.32 Å². The van der Waals surface area contributed by atoms with Gasteiger partial charge in [0, 0.05) is 6.07 Å². The van der Waals surface area contributed by atoms with Gasteiger partial charge in [-0.3, -0.25) is 14.4 Å². The number of carbonyl (C=O) groups is 4. The van der Waals surface area contributed by atoms with Gasteiger partial charge in [-0.2, -0.15) is 0 Å². The Morgan fingerprint density at radius 1 is 1.08 bits per heavy atom. The number of aliphatic carboxylic acids is 1. The van der Waals surface area contributed by atoms with Crippen molar-refractivity contribution >= 4 is 29.6 Å². The van der Waals surface area contributed by atoms with Gasteiger partial charge in [0.15, 0.2) is 23.9 Å². The molecule has 1 aliphatic heterocycles. The predicted octanol–water partition coefficient (Wildman–Crippen LogP) is 1.15. The quantitative estimate of drug-likeness (QED) is 0.380. The van der Waals surface area contributed by atoms with Crippen molar-refractivity contribution in [1.29, 1.82) is 0 Å². The number of carbonyl (C=O) groups excluding carboxylic acids is 3. The first-order chi connectivity index (χ1) is 17.2. The highest BCUT2D eigenvalue weighted by molar-refractivity contribution is 6.14. The fourth-order valence-electron chi connectivity index (χ4n) is 3.38. The van der Waals surface area contributed by atoms with E-state index in [-0.39, 0.29) is 28.6 Å². The minimum atomic E-state index is -1.47. The second-order valence-electron chi connectivity index (χ2n) is 7.47. The number of carboxylic acids is 1. The molecule has 0 fully saturated rings. The monoisotopic (exact) mass is 500 g/mol. The predicted molar refractivity (Wildman–Crippen MR) is 124 cm³/mol. The van der Waals surface area contributed by atoms with Gasteiger partial charge in [-0.15, -0.1) is 0 Å². The van der Waals surface area contributed by atoms with E-state index in [1.165, 1.54) is 45.6 Å². The number of benzene rings is 2. The van der Waals surface area contributed by atoms with Gasteiger partial charge in [0.2, 0.25) is 17.4 Å². The van der Waals surface area contributed by atoms with Crippen LogP contribution in [0.5, 0.6) is 28.7 Å². The van der Waals surface area contributed by atoms with Gasteiger partial charge in [-0.1, -0.05) is 0 Å². The standard InChI is InChI=1S/C24H24N2O10/c1-32-18-7-12(8-19(33-2)23(18)34-3)6-17-22(29)14-5-4-13(9-16(14)36-17)35-11-21(28)26-15(24(30)31)10-20(25)27/h4-9,15H,10-11H2,1-3H3,(H2,25,27)(H,26,28)(H,30,31)/b17-6-/t15-/m0/s1. The van der Waals surface area contributed by atoms with E-state index in [2.05, 4.69) is 5.32 Å². The van der Waals surface area contributed by atoms with E-state index in [1.54, 1.807) is 12.1 Å². The zero-order valence-corrected chi connectivity index (χ0v) is 19.7. The van der Waals surface area contributed by atoms with Crippen molar-refractivity contribution in [3.63, 3.8) is 0 Å². The maximum absolute atomic E-state index is 12.8. The van der Waals surface area contributed by atoms with Crippen molar-refractivity contribution < 1.29 is 48.0 Å². The Labute approximate surface area is 205 Å². The van der Waals surface area contributed by atoms with E-state index in [0.717, 1.165) is 0 Å². The number of nitrogens with one attached hydrogen (secondary N) is 1. The van der Waals surface area contributed by atoms with E-state index in [1.807, 2.05) is 0 Å². The summed E-state index contributed by atoms with van der Waals surface area (Å²) in [7, 11) is 4.43. The molecule has 1 aliphatic rings. The van der Waals surface area contributed by atoms with Crippen molar-refractivity contribution in [2.45, 2.75) is 12.5 Å². The molecular formula is C24H24N2O10. The average molecular weight is 500 g/mol. The molecule has 1 heterocycles. The van der Waals surface area contributed by atoms with E-state index < -0.39 is 36.9 Å². The fraction of sp³-hybridized carbons (Fsp3) is 0.250. The number of methoxy groups -OCH3 is 3. The van der Waals surface area contributed by atoms with E-state index >= 15 is 0 Å². The lowest BCUT2D eigenvalue weighted by molar-refractivity contribution is -0.143. The Morgan fingerprint density at radius 2 is 1.75 bits per heavy atom. The molecule has 0 saturated heterocycles. The minimum absolute atomic E-state index is 0.0462. The maximum atomic E-state index is 12.8. The number of carboxylic acid groups (broad SMARTS) is 1. The molecule has 1 atom stereocenters. The van der Waals surface area contributed by atoms with Gasteiger partial charge >= 0.3 is 5.97 Å². The van der Waals surface area contributed by atoms with Crippen molar-refractivity contribution in [2.24, 2.45) is 5.73 Å². The molecule has 0 spiro atoms. The van der Waals surface area contributed by atoms with Crippen LogP contribution in [0.2, 0.25) is 0 Å². The summed E-state index contributed by atoms with van der Waals surface area (Å²) in [6.07, 6.45) is 0.961. The van der Waals surface area contributed by atoms with Crippen LogP contribution in [0.15, 0.2) is 36.1 Å². The third kappa shape index (κ3) is 5.84. The lowest BCUT2D eigenvalue weighted by atomic mass is 10.1. The Bertz CT molecular complexity index is 1210. The Hall–Kier alpha value is -4.74. The number of hydrogen-bond acceptors (Lipinski definition) is 9. The van der Waals surface area contributed by atoms with Crippen molar-refractivity contribution in [3.05, 3.63) is 47.2 Å². The van der Waals surface area contributed by atoms with Gasteiger partial charge in [-0.25, -0.2) is 4.79 Å². The summed E-state index contributed by atoms with van der Waals surface area (Å²) in [5, 5.41) is 11.2. The largest absolute Gasteiger partial charge is 0.493 e. The first-order valence-corrected chi connectivity index (χ1v) is 10.5. The normalized spacial score (nSPS) is 13.9. The molecule has 0 radical (unpaired) electrons. The molecule has 12 nitrogen and oxygen atoms in total. The number of Topliss-reactive ketones (excluding diaryl/α,β-unsaturated/α-hetero) is 1. The van der Waals surface area contributed by atoms with Crippen LogP contribution in [0.1, 0.15) is 22.3 Å². The van der Waals surface area contributed by atoms with Crippen LogP contribution in [0.4, 0.5) is 0 Å². The number of amides is 2. The summed E-state index contributed by atoms with van der Waals surface area (Å²) in [5.74, 6) is -1.74. The zero-order chi connectivity index (χ0) is 26.4. The third-order valence-electron chi connectivity index (χ3n) is 5.03. The summed E-state index contributed by atoms with van der Waals surface area (Å²) < 4.78 is 27.0. The third-order valence-corrected chi connectivity index (χ3v) is 5.03. The van der Waals surface area contributed by atoms with E-state index in [0.29, 0.717) is 22.8 Å². The number of rotatable bonds is 11. The van der Waals surface area contributed by atoms with Gasteiger partial charge in [0.25, 0.3) is 5.91 Å². The molecule has 2 aromatic rings. The summed E-state index contributed by atoms with van der Waals surface area (Å²) >= 11 is 0. The number of ketones is 1. The summed E-state index contributed by atoms with van der Waals surface area (Å²) in [5.41, 5.74) is 5.85. The lowest BCUT2D eigenvalue weighted by Crippen LogP contribution is -2.45. The molecule has 36 heavy (non-hydrogen) atoms. The van der Waals surface area contributed by atoms with Gasteiger partial charge in [0.1, 0.15) is 17.5 Å². The topological polar surface area (TPSA) is 173 Å². The maximum Gasteiger partial charge on any atom is 0.326 e. The summed E-state index contributed by atoms with van der Waals surface area (Å²) in [4.78, 5) is 46.9. The van der Waals surface area contributed by atoms with Gasteiger partial charge < -0.3 is 39.8 Å². The molecule has 2 amide bonds. The minimum Gasteiger partial charge on any atom is -0.493 e. The second-order valence-corrected chi connectivity index (χ2v) is 7.47. The van der Waals surface area contributed by atoms with Crippen LogP contribution < -0.4 is 34.7 Å².